The molecule has 0 saturated carbocycles. The van der Waals surface area contributed by atoms with Crippen LogP contribution < -0.4 is 10.5 Å². The smallest absolute Gasteiger partial charge is 0.215 e. The predicted octanol–water partition coefficient (Wildman–Crippen LogP) is 2.65. The third-order valence-corrected chi connectivity index (χ3v) is 2.55. The quantitative estimate of drug-likeness (QED) is 0.776. The van der Waals surface area contributed by atoms with Crippen molar-refractivity contribution in [3.05, 3.63) is 54.2 Å². The zero-order chi connectivity index (χ0) is 13.3. The lowest BCUT2D eigenvalue weighted by molar-refractivity contribution is 0.106. The molecule has 19 heavy (non-hydrogen) atoms. The first-order chi connectivity index (χ1) is 9.34. The van der Waals surface area contributed by atoms with Crippen molar-refractivity contribution >= 4 is 5.69 Å². The fourth-order valence-electron chi connectivity index (χ4n) is 1.61. The molecule has 4 heteroatoms. The summed E-state index contributed by atoms with van der Waals surface area (Å²) in [6.07, 6.45) is 2.46. The van der Waals surface area contributed by atoms with Gasteiger partial charge in [-0.1, -0.05) is 30.3 Å². The Bertz CT molecular complexity index is 489. The molecule has 0 saturated heterocycles. The summed E-state index contributed by atoms with van der Waals surface area (Å²) in [6, 6.07) is 13.6. The molecule has 0 spiro atoms. The van der Waals surface area contributed by atoms with Gasteiger partial charge in [0.15, 0.2) is 0 Å². The largest absolute Gasteiger partial charge is 0.478 e. The number of ether oxygens (including phenoxy) is 2. The van der Waals surface area contributed by atoms with Crippen molar-refractivity contribution in [1.29, 1.82) is 0 Å². The summed E-state index contributed by atoms with van der Waals surface area (Å²) in [4.78, 5) is 4.06. The van der Waals surface area contributed by atoms with Crippen molar-refractivity contribution in [1.82, 2.24) is 4.98 Å². The molecule has 0 aliphatic carbocycles. The summed E-state index contributed by atoms with van der Waals surface area (Å²) in [5.41, 5.74) is 7.47. The van der Waals surface area contributed by atoms with Gasteiger partial charge in [-0.2, -0.15) is 0 Å². The van der Waals surface area contributed by atoms with E-state index in [2.05, 4.69) is 4.98 Å². The standard InChI is InChI=1S/C15H18N2O2/c16-14-7-8-17-15(11-14)19-10-4-9-18-12-13-5-2-1-3-6-13/h1-3,5-8,11H,4,9-10,12H2,(H2,16,17). The average Bonchev–Trinajstić information content (AvgIpc) is 2.44. The number of rotatable bonds is 7. The minimum atomic E-state index is 0.558. The molecule has 0 unspecified atom stereocenters. The summed E-state index contributed by atoms with van der Waals surface area (Å²) in [6.45, 7) is 1.87. The molecule has 0 atom stereocenters. The second kappa shape index (κ2) is 7.38. The van der Waals surface area contributed by atoms with Gasteiger partial charge < -0.3 is 15.2 Å². The zero-order valence-corrected chi connectivity index (χ0v) is 10.8. The zero-order valence-electron chi connectivity index (χ0n) is 10.8. The number of benzene rings is 1. The molecule has 0 aliphatic rings. The molecular weight excluding hydrogens is 240 g/mol. The number of nitrogen functional groups attached to an aromatic ring is 1. The Morgan fingerprint density at radius 3 is 2.68 bits per heavy atom. The van der Waals surface area contributed by atoms with Crippen molar-refractivity contribution in [3.8, 4) is 5.88 Å². The van der Waals surface area contributed by atoms with E-state index in [0.717, 1.165) is 6.42 Å². The molecule has 4 nitrogen and oxygen atoms in total. The highest BCUT2D eigenvalue weighted by atomic mass is 16.5. The molecule has 2 rings (SSSR count). The maximum atomic E-state index is 5.63. The first-order valence-corrected chi connectivity index (χ1v) is 6.30. The van der Waals surface area contributed by atoms with Crippen LogP contribution in [0.2, 0.25) is 0 Å². The summed E-state index contributed by atoms with van der Waals surface area (Å²) in [7, 11) is 0. The van der Waals surface area contributed by atoms with Crippen LogP contribution in [0.5, 0.6) is 5.88 Å². The Hall–Kier alpha value is -2.07. The molecule has 0 amide bonds. The summed E-state index contributed by atoms with van der Waals surface area (Å²) in [5.74, 6) is 0.558. The van der Waals surface area contributed by atoms with E-state index in [1.807, 2.05) is 30.3 Å². The van der Waals surface area contributed by atoms with Crippen LogP contribution in [-0.2, 0) is 11.3 Å². The molecule has 1 aromatic carbocycles. The highest BCUT2D eigenvalue weighted by Crippen LogP contribution is 2.10. The van der Waals surface area contributed by atoms with Crippen LogP contribution in [-0.4, -0.2) is 18.2 Å². The number of nitrogens with zero attached hydrogens (tertiary/aromatic N) is 1. The molecular formula is C15H18N2O2. The van der Waals surface area contributed by atoms with Gasteiger partial charge in [-0.15, -0.1) is 0 Å². The maximum absolute atomic E-state index is 5.63. The Morgan fingerprint density at radius 2 is 1.89 bits per heavy atom. The van der Waals surface area contributed by atoms with E-state index < -0.39 is 0 Å². The van der Waals surface area contributed by atoms with Crippen LogP contribution in [0.1, 0.15) is 12.0 Å². The van der Waals surface area contributed by atoms with E-state index in [1.165, 1.54) is 5.56 Å². The molecule has 2 aromatic rings. The number of hydrogen-bond acceptors (Lipinski definition) is 4. The average molecular weight is 258 g/mol. The van der Waals surface area contributed by atoms with Gasteiger partial charge in [0.2, 0.25) is 5.88 Å². The van der Waals surface area contributed by atoms with E-state index in [4.69, 9.17) is 15.2 Å². The highest BCUT2D eigenvalue weighted by Gasteiger charge is 1.96. The number of anilines is 1. The van der Waals surface area contributed by atoms with Crippen LogP contribution in [0.4, 0.5) is 5.69 Å². The first-order valence-electron chi connectivity index (χ1n) is 6.30. The number of nitrogens with two attached hydrogens (primary N) is 1. The third-order valence-electron chi connectivity index (χ3n) is 2.55. The van der Waals surface area contributed by atoms with Crippen LogP contribution in [0.3, 0.4) is 0 Å². The summed E-state index contributed by atoms with van der Waals surface area (Å²) < 4.78 is 11.0. The Kier molecular flexibility index (Phi) is 5.19. The minimum absolute atomic E-state index is 0.558. The fraction of sp³-hybridized carbons (Fsp3) is 0.267. The van der Waals surface area contributed by atoms with E-state index in [9.17, 15) is 0 Å². The minimum Gasteiger partial charge on any atom is -0.478 e. The highest BCUT2D eigenvalue weighted by molar-refractivity contribution is 5.39. The fourth-order valence-corrected chi connectivity index (χ4v) is 1.61. The second-order valence-electron chi connectivity index (χ2n) is 4.17. The van der Waals surface area contributed by atoms with Gasteiger partial charge >= 0.3 is 0 Å². The van der Waals surface area contributed by atoms with Crippen LogP contribution >= 0.6 is 0 Å². The predicted molar refractivity (Wildman–Crippen MR) is 74.9 cm³/mol. The topological polar surface area (TPSA) is 57.4 Å². The van der Waals surface area contributed by atoms with Crippen molar-refractivity contribution in [2.45, 2.75) is 13.0 Å². The molecule has 0 radical (unpaired) electrons. The van der Waals surface area contributed by atoms with Gasteiger partial charge in [-0.05, 0) is 11.6 Å². The molecule has 1 heterocycles. The molecule has 100 valence electrons. The molecule has 0 fully saturated rings. The van der Waals surface area contributed by atoms with Crippen molar-refractivity contribution in [3.63, 3.8) is 0 Å². The van der Waals surface area contributed by atoms with Crippen molar-refractivity contribution in [2.24, 2.45) is 0 Å². The van der Waals surface area contributed by atoms with Gasteiger partial charge in [0.05, 0.1) is 19.8 Å². The first kappa shape index (κ1) is 13.4. The molecule has 2 N–H and O–H groups in total. The second-order valence-corrected chi connectivity index (χ2v) is 4.17. The van der Waals surface area contributed by atoms with Crippen LogP contribution in [0.15, 0.2) is 48.7 Å². The Morgan fingerprint density at radius 1 is 1.05 bits per heavy atom. The van der Waals surface area contributed by atoms with Gasteiger partial charge in [0.25, 0.3) is 0 Å². The Balaban J connectivity index is 1.58. The van der Waals surface area contributed by atoms with E-state index in [0.29, 0.717) is 31.4 Å². The van der Waals surface area contributed by atoms with Gasteiger partial charge in [-0.3, -0.25) is 0 Å². The Labute approximate surface area is 113 Å². The number of hydrogen-bond donors (Lipinski definition) is 1. The van der Waals surface area contributed by atoms with E-state index in [-0.39, 0.29) is 0 Å². The normalized spacial score (nSPS) is 10.3. The molecule has 0 aliphatic heterocycles. The monoisotopic (exact) mass is 258 g/mol. The van der Waals surface area contributed by atoms with Crippen molar-refractivity contribution < 1.29 is 9.47 Å². The summed E-state index contributed by atoms with van der Waals surface area (Å²) >= 11 is 0. The summed E-state index contributed by atoms with van der Waals surface area (Å²) in [5, 5.41) is 0. The van der Waals surface area contributed by atoms with Gasteiger partial charge in [0.1, 0.15) is 0 Å². The van der Waals surface area contributed by atoms with Gasteiger partial charge in [0, 0.05) is 24.4 Å². The SMILES string of the molecule is Nc1ccnc(OCCCOCc2ccccc2)c1. The molecule has 1 aromatic heterocycles. The molecule has 0 bridgehead atoms. The lowest BCUT2D eigenvalue weighted by Gasteiger charge is -2.06. The van der Waals surface area contributed by atoms with E-state index in [1.54, 1.807) is 18.3 Å². The van der Waals surface area contributed by atoms with Gasteiger partial charge in [-0.25, -0.2) is 4.98 Å². The van der Waals surface area contributed by atoms with Crippen LogP contribution in [0, 0.1) is 0 Å². The van der Waals surface area contributed by atoms with Crippen molar-refractivity contribution in [2.75, 3.05) is 18.9 Å². The third kappa shape index (κ3) is 4.97. The lowest BCUT2D eigenvalue weighted by atomic mass is 10.2. The lowest BCUT2D eigenvalue weighted by Crippen LogP contribution is -2.04. The number of pyridine rings is 1. The number of aromatic nitrogens is 1. The van der Waals surface area contributed by atoms with E-state index >= 15 is 0 Å². The van der Waals surface area contributed by atoms with Crippen LogP contribution in [0.25, 0.3) is 0 Å². The maximum Gasteiger partial charge on any atom is 0.215 e.